The van der Waals surface area contributed by atoms with E-state index in [1.165, 1.54) is 18.3 Å². The van der Waals surface area contributed by atoms with Crippen molar-refractivity contribution in [2.24, 2.45) is 5.10 Å². The second kappa shape index (κ2) is 8.21. The van der Waals surface area contributed by atoms with E-state index in [0.717, 1.165) is 25.3 Å². The van der Waals surface area contributed by atoms with Crippen LogP contribution in [0.4, 0.5) is 17.6 Å². The van der Waals surface area contributed by atoms with E-state index in [1.807, 2.05) is 18.9 Å². The molecule has 0 saturated carbocycles. The number of hydrogen-bond donors (Lipinski definition) is 0. The minimum absolute atomic E-state index is 0.242. The van der Waals surface area contributed by atoms with E-state index >= 15 is 0 Å². The van der Waals surface area contributed by atoms with Gasteiger partial charge in [-0.1, -0.05) is 0 Å². The third-order valence-electron chi connectivity index (χ3n) is 3.90. The Balaban J connectivity index is 2.22. The first kappa shape index (κ1) is 18.4. The Hall–Kier alpha value is -1.99. The van der Waals surface area contributed by atoms with E-state index in [-0.39, 0.29) is 29.1 Å². The zero-order chi connectivity index (χ0) is 17.7. The molecule has 0 aliphatic carbocycles. The summed E-state index contributed by atoms with van der Waals surface area (Å²) < 4.78 is 58.2. The predicted octanol–water partition coefficient (Wildman–Crippen LogP) is 4.49. The van der Waals surface area contributed by atoms with Gasteiger partial charge in [-0.15, -0.1) is 0 Å². The molecule has 1 fully saturated rings. The lowest BCUT2D eigenvalue weighted by atomic mass is 10.00. The van der Waals surface area contributed by atoms with E-state index in [2.05, 4.69) is 14.6 Å². The largest absolute Gasteiger partial charge is 0.435 e. The molecule has 0 spiro atoms. The highest BCUT2D eigenvalue weighted by molar-refractivity contribution is 5.83. The number of hydrazone groups is 1. The number of benzene rings is 1. The van der Waals surface area contributed by atoms with E-state index < -0.39 is 13.2 Å². The molecule has 134 valence electrons. The molecule has 0 aromatic heterocycles. The highest BCUT2D eigenvalue weighted by atomic mass is 19.3. The van der Waals surface area contributed by atoms with E-state index in [0.29, 0.717) is 0 Å². The fourth-order valence-electron chi connectivity index (χ4n) is 2.76. The molecule has 0 N–H and O–H groups in total. The Morgan fingerprint density at radius 3 is 2.29 bits per heavy atom. The Bertz CT molecular complexity index is 559. The lowest BCUT2D eigenvalue weighted by molar-refractivity contribution is -0.0543. The molecule has 1 aromatic rings. The Labute approximate surface area is 138 Å². The lowest BCUT2D eigenvalue weighted by Crippen LogP contribution is -2.39. The molecular weight excluding hydrogens is 328 g/mol. The van der Waals surface area contributed by atoms with Crippen molar-refractivity contribution >= 4 is 6.21 Å². The minimum atomic E-state index is -3.08. The third kappa shape index (κ3) is 5.01. The van der Waals surface area contributed by atoms with Crippen LogP contribution in [0.1, 0.15) is 38.7 Å². The number of nitrogens with zero attached hydrogens (tertiary/aromatic N) is 2. The Morgan fingerprint density at radius 2 is 1.71 bits per heavy atom. The fourth-order valence-corrected chi connectivity index (χ4v) is 2.76. The molecule has 2 rings (SSSR count). The number of hydrogen-bond acceptors (Lipinski definition) is 4. The van der Waals surface area contributed by atoms with Gasteiger partial charge >= 0.3 is 13.2 Å². The van der Waals surface area contributed by atoms with Crippen LogP contribution < -0.4 is 9.47 Å². The van der Waals surface area contributed by atoms with Gasteiger partial charge in [-0.2, -0.15) is 22.7 Å². The summed E-state index contributed by atoms with van der Waals surface area (Å²) in [6, 6.07) is 4.10. The summed E-state index contributed by atoms with van der Waals surface area (Å²) in [6.45, 7) is -2.03. The molecule has 2 atom stereocenters. The average molecular weight is 348 g/mol. The first-order chi connectivity index (χ1) is 11.4. The Kier molecular flexibility index (Phi) is 6.28. The monoisotopic (exact) mass is 348 g/mol. The summed E-state index contributed by atoms with van der Waals surface area (Å²) in [5.74, 6) is -0.512. The summed E-state index contributed by atoms with van der Waals surface area (Å²) >= 11 is 0. The zero-order valence-electron chi connectivity index (χ0n) is 13.5. The van der Waals surface area contributed by atoms with Crippen LogP contribution in [0, 0.1) is 0 Å². The lowest BCUT2D eigenvalue weighted by Gasteiger charge is -2.36. The maximum absolute atomic E-state index is 12.5. The molecule has 0 radical (unpaired) electrons. The first-order valence-corrected chi connectivity index (χ1v) is 7.73. The van der Waals surface area contributed by atoms with Crippen LogP contribution in [0.5, 0.6) is 11.5 Å². The van der Waals surface area contributed by atoms with Crippen molar-refractivity contribution in [2.75, 3.05) is 0 Å². The first-order valence-electron chi connectivity index (χ1n) is 7.73. The van der Waals surface area contributed by atoms with Gasteiger partial charge in [-0.25, -0.2) is 0 Å². The SMILES string of the molecule is CC1CCCC(C)N1N=Cc1ccc(OC(F)F)cc1OC(F)F. The molecule has 2 unspecified atom stereocenters. The fraction of sp³-hybridized carbons (Fsp3) is 0.562. The van der Waals surface area contributed by atoms with Gasteiger partial charge in [0, 0.05) is 23.7 Å². The van der Waals surface area contributed by atoms with Crippen molar-refractivity contribution in [3.05, 3.63) is 23.8 Å². The van der Waals surface area contributed by atoms with E-state index in [9.17, 15) is 17.6 Å². The van der Waals surface area contributed by atoms with Crippen molar-refractivity contribution in [3.8, 4) is 11.5 Å². The molecule has 8 heteroatoms. The Morgan fingerprint density at radius 1 is 1.08 bits per heavy atom. The molecule has 1 aliphatic heterocycles. The molecule has 24 heavy (non-hydrogen) atoms. The van der Waals surface area contributed by atoms with E-state index in [4.69, 9.17) is 0 Å². The second-order valence-corrected chi connectivity index (χ2v) is 5.71. The molecule has 0 bridgehead atoms. The zero-order valence-corrected chi connectivity index (χ0v) is 13.5. The second-order valence-electron chi connectivity index (χ2n) is 5.71. The molecule has 0 amide bonds. The average Bonchev–Trinajstić information content (AvgIpc) is 2.47. The van der Waals surface area contributed by atoms with Crippen molar-refractivity contribution < 1.29 is 27.0 Å². The maximum atomic E-state index is 12.5. The molecular formula is C16H20F4N2O2. The summed E-state index contributed by atoms with van der Waals surface area (Å²) in [7, 11) is 0. The van der Waals surface area contributed by atoms with Crippen LogP contribution in [-0.2, 0) is 0 Å². The van der Waals surface area contributed by atoms with Gasteiger partial charge in [0.25, 0.3) is 0 Å². The predicted molar refractivity (Wildman–Crippen MR) is 81.9 cm³/mol. The standard InChI is InChI=1S/C16H20F4N2O2/c1-10-4-3-5-11(2)22(10)21-9-12-6-7-13(23-15(17)18)8-14(12)24-16(19)20/h6-11,15-16H,3-5H2,1-2H3. The molecule has 1 aromatic carbocycles. The smallest absolute Gasteiger partial charge is 0.387 e. The highest BCUT2D eigenvalue weighted by Gasteiger charge is 2.23. The number of ether oxygens (including phenoxy) is 2. The van der Waals surface area contributed by atoms with Crippen LogP contribution >= 0.6 is 0 Å². The molecule has 1 saturated heterocycles. The van der Waals surface area contributed by atoms with Gasteiger partial charge in [-0.3, -0.25) is 5.01 Å². The van der Waals surface area contributed by atoms with Crippen molar-refractivity contribution in [1.29, 1.82) is 0 Å². The quantitative estimate of drug-likeness (QED) is 0.561. The van der Waals surface area contributed by atoms with Crippen molar-refractivity contribution in [3.63, 3.8) is 0 Å². The van der Waals surface area contributed by atoms with Crippen LogP contribution in [0.15, 0.2) is 23.3 Å². The van der Waals surface area contributed by atoms with Gasteiger partial charge in [0.2, 0.25) is 0 Å². The maximum Gasteiger partial charge on any atom is 0.387 e. The van der Waals surface area contributed by atoms with E-state index in [1.54, 1.807) is 0 Å². The highest BCUT2D eigenvalue weighted by Crippen LogP contribution is 2.27. The number of halogens is 4. The van der Waals surface area contributed by atoms with Gasteiger partial charge < -0.3 is 9.47 Å². The normalized spacial score (nSPS) is 21.8. The van der Waals surface area contributed by atoms with Crippen LogP contribution in [0.2, 0.25) is 0 Å². The topological polar surface area (TPSA) is 34.1 Å². The van der Waals surface area contributed by atoms with Crippen LogP contribution in [-0.4, -0.2) is 36.5 Å². The molecule has 1 heterocycles. The minimum Gasteiger partial charge on any atom is -0.435 e. The summed E-state index contributed by atoms with van der Waals surface area (Å²) in [4.78, 5) is 0. The van der Waals surface area contributed by atoms with Crippen LogP contribution in [0.3, 0.4) is 0 Å². The third-order valence-corrected chi connectivity index (χ3v) is 3.90. The number of alkyl halides is 4. The molecule has 1 aliphatic rings. The summed E-state index contributed by atoms with van der Waals surface area (Å²) in [5.41, 5.74) is 0.266. The van der Waals surface area contributed by atoms with Gasteiger partial charge in [0.1, 0.15) is 11.5 Å². The molecule has 4 nitrogen and oxygen atoms in total. The van der Waals surface area contributed by atoms with Gasteiger partial charge in [0.05, 0.1) is 6.21 Å². The summed E-state index contributed by atoms with van der Waals surface area (Å²) in [5, 5.41) is 6.28. The number of piperidine rings is 1. The van der Waals surface area contributed by atoms with Gasteiger partial charge in [-0.05, 0) is 45.2 Å². The van der Waals surface area contributed by atoms with Gasteiger partial charge in [0.15, 0.2) is 0 Å². The number of rotatable bonds is 6. The summed E-state index contributed by atoms with van der Waals surface area (Å²) in [6.07, 6.45) is 4.53. The van der Waals surface area contributed by atoms with Crippen LogP contribution in [0.25, 0.3) is 0 Å². The van der Waals surface area contributed by atoms with Crippen molar-refractivity contribution in [2.45, 2.75) is 58.4 Å². The van der Waals surface area contributed by atoms with Crippen molar-refractivity contribution in [1.82, 2.24) is 5.01 Å².